The third-order valence-electron chi connectivity index (χ3n) is 7.40. The molecule has 3 saturated heterocycles. The molecule has 0 saturated carbocycles. The van der Waals surface area contributed by atoms with Gasteiger partial charge in [0.2, 0.25) is 10.0 Å². The molecule has 4 heterocycles. The first kappa shape index (κ1) is 24.8. The Balaban J connectivity index is 1.37. The summed E-state index contributed by atoms with van der Waals surface area (Å²) in [6, 6.07) is 3.22. The average molecular weight is 485 g/mol. The maximum Gasteiger partial charge on any atom is 0.251 e. The monoisotopic (exact) mass is 484 g/mol. The van der Waals surface area contributed by atoms with Crippen molar-refractivity contribution in [1.29, 1.82) is 0 Å². The van der Waals surface area contributed by atoms with Gasteiger partial charge in [-0.05, 0) is 55.2 Å². The van der Waals surface area contributed by atoms with Gasteiger partial charge in [-0.2, -0.15) is 4.31 Å². The van der Waals surface area contributed by atoms with Crippen molar-refractivity contribution >= 4 is 15.8 Å². The lowest BCUT2D eigenvalue weighted by Gasteiger charge is -2.48. The molecule has 6 nitrogen and oxygen atoms in total. The predicted octanol–water partition coefficient (Wildman–Crippen LogP) is 4.23. The van der Waals surface area contributed by atoms with E-state index in [0.29, 0.717) is 18.9 Å². The van der Waals surface area contributed by atoms with Crippen molar-refractivity contribution in [3.63, 3.8) is 0 Å². The van der Waals surface area contributed by atoms with Crippen LogP contribution in [0.3, 0.4) is 0 Å². The van der Waals surface area contributed by atoms with Gasteiger partial charge < -0.3 is 9.80 Å². The number of rotatable bonds is 4. The molecule has 4 rings (SSSR count). The smallest absolute Gasteiger partial charge is 0.251 e. The first-order valence-corrected chi connectivity index (χ1v) is 13.6. The van der Waals surface area contributed by atoms with Gasteiger partial charge in [-0.3, -0.25) is 0 Å². The Bertz CT molecular complexity index is 913. The summed E-state index contributed by atoms with van der Waals surface area (Å²) in [7, 11) is -3.61. The van der Waals surface area contributed by atoms with Crippen LogP contribution >= 0.6 is 0 Å². The molecule has 3 aliphatic rings. The molecule has 0 amide bonds. The minimum atomic E-state index is -3.61. The lowest BCUT2D eigenvalue weighted by Crippen LogP contribution is -2.51. The number of pyridine rings is 1. The fraction of sp³-hybridized carbons (Fsp3) is 0.792. The summed E-state index contributed by atoms with van der Waals surface area (Å²) >= 11 is 0. The van der Waals surface area contributed by atoms with Crippen LogP contribution in [0.15, 0.2) is 23.2 Å². The number of likely N-dealkylation sites (tertiary alicyclic amines) is 1. The van der Waals surface area contributed by atoms with E-state index in [1.807, 2.05) is 0 Å². The number of halogens is 2. The lowest BCUT2D eigenvalue weighted by atomic mass is 9.72. The SMILES string of the molecule is CC(C)(C)CN1CCCC2(CCN(S(=O)(=O)c3ccc(N4CCC(F)(F)CC4)nc3)CC2)C1. The van der Waals surface area contributed by atoms with Crippen molar-refractivity contribution in [3.05, 3.63) is 18.3 Å². The highest BCUT2D eigenvalue weighted by Crippen LogP contribution is 2.41. The molecule has 186 valence electrons. The van der Waals surface area contributed by atoms with Crippen LogP contribution in [-0.2, 0) is 10.0 Å². The second kappa shape index (κ2) is 9.04. The molecule has 0 N–H and O–H groups in total. The van der Waals surface area contributed by atoms with Crippen LogP contribution in [0, 0.1) is 10.8 Å². The molecule has 3 aliphatic heterocycles. The van der Waals surface area contributed by atoms with Crippen LogP contribution in [0.1, 0.15) is 59.3 Å². The number of sulfonamides is 1. The Morgan fingerprint density at radius 2 is 1.64 bits per heavy atom. The number of anilines is 1. The van der Waals surface area contributed by atoms with Crippen molar-refractivity contribution in [3.8, 4) is 0 Å². The summed E-state index contributed by atoms with van der Waals surface area (Å²) in [5.41, 5.74) is 0.477. The Morgan fingerprint density at radius 3 is 2.21 bits per heavy atom. The predicted molar refractivity (Wildman–Crippen MR) is 126 cm³/mol. The summed E-state index contributed by atoms with van der Waals surface area (Å²) in [4.78, 5) is 8.85. The Labute approximate surface area is 197 Å². The number of hydrogen-bond acceptors (Lipinski definition) is 5. The number of hydrogen-bond donors (Lipinski definition) is 0. The zero-order valence-electron chi connectivity index (χ0n) is 20.2. The van der Waals surface area contributed by atoms with Gasteiger partial charge in [0.25, 0.3) is 5.92 Å². The molecule has 1 spiro atoms. The molecule has 0 unspecified atom stereocenters. The zero-order valence-corrected chi connectivity index (χ0v) is 21.0. The van der Waals surface area contributed by atoms with Gasteiger partial charge in [0, 0.05) is 58.3 Å². The summed E-state index contributed by atoms with van der Waals surface area (Å²) < 4.78 is 54.9. The number of alkyl halides is 2. The van der Waals surface area contributed by atoms with E-state index in [1.54, 1.807) is 21.3 Å². The first-order valence-electron chi connectivity index (χ1n) is 12.2. The minimum absolute atomic E-state index is 0.183. The second-order valence-corrected chi connectivity index (χ2v) is 13.4. The standard InChI is InChI=1S/C24H38F2N4O2S/c1-22(2,3)18-28-12-4-7-23(19-28)8-15-30(16-9-23)33(31,32)20-5-6-21(27-17-20)29-13-10-24(25,26)11-14-29/h5-6,17H,4,7-16,18-19H2,1-3H3. The molecule has 0 radical (unpaired) electrons. The van der Waals surface area contributed by atoms with E-state index in [9.17, 15) is 17.2 Å². The highest BCUT2D eigenvalue weighted by atomic mass is 32.2. The van der Waals surface area contributed by atoms with Gasteiger partial charge in [0.15, 0.2) is 0 Å². The third kappa shape index (κ3) is 5.85. The van der Waals surface area contributed by atoms with Gasteiger partial charge >= 0.3 is 0 Å². The minimum Gasteiger partial charge on any atom is -0.356 e. The molecule has 0 aliphatic carbocycles. The number of aromatic nitrogens is 1. The lowest BCUT2D eigenvalue weighted by molar-refractivity contribution is -0.0221. The molecule has 0 aromatic carbocycles. The molecule has 3 fully saturated rings. The molecular formula is C24H38F2N4O2S. The summed E-state index contributed by atoms with van der Waals surface area (Å²) in [6.45, 7) is 11.6. The fourth-order valence-electron chi connectivity index (χ4n) is 5.65. The van der Waals surface area contributed by atoms with Crippen LogP contribution < -0.4 is 4.90 Å². The van der Waals surface area contributed by atoms with Crippen molar-refractivity contribution < 1.29 is 17.2 Å². The Hall–Kier alpha value is -1.32. The molecule has 1 aromatic heterocycles. The second-order valence-electron chi connectivity index (χ2n) is 11.5. The van der Waals surface area contributed by atoms with Crippen molar-refractivity contribution in [1.82, 2.24) is 14.2 Å². The van der Waals surface area contributed by atoms with Gasteiger partial charge in [0.1, 0.15) is 10.7 Å². The number of nitrogens with zero attached hydrogens (tertiary/aromatic N) is 4. The van der Waals surface area contributed by atoms with E-state index in [4.69, 9.17) is 0 Å². The largest absolute Gasteiger partial charge is 0.356 e. The highest BCUT2D eigenvalue weighted by Gasteiger charge is 2.42. The zero-order chi connectivity index (χ0) is 23.9. The third-order valence-corrected chi connectivity index (χ3v) is 9.28. The summed E-state index contributed by atoms with van der Waals surface area (Å²) in [5, 5.41) is 0. The van der Waals surface area contributed by atoms with Crippen molar-refractivity contribution in [2.45, 2.75) is 70.1 Å². The van der Waals surface area contributed by atoms with Gasteiger partial charge in [-0.15, -0.1) is 0 Å². The molecule has 0 bridgehead atoms. The van der Waals surface area contributed by atoms with E-state index in [1.165, 1.54) is 19.0 Å². The van der Waals surface area contributed by atoms with Crippen LogP contribution in [-0.4, -0.2) is 74.3 Å². The van der Waals surface area contributed by atoms with Gasteiger partial charge in [-0.25, -0.2) is 22.2 Å². The molecule has 1 aromatic rings. The van der Waals surface area contributed by atoms with Crippen molar-refractivity contribution in [2.75, 3.05) is 50.7 Å². The van der Waals surface area contributed by atoms with E-state index < -0.39 is 15.9 Å². The highest BCUT2D eigenvalue weighted by molar-refractivity contribution is 7.89. The van der Waals surface area contributed by atoms with E-state index in [-0.39, 0.29) is 41.7 Å². The maximum absolute atomic E-state index is 13.4. The molecule has 33 heavy (non-hydrogen) atoms. The van der Waals surface area contributed by atoms with E-state index >= 15 is 0 Å². The summed E-state index contributed by atoms with van der Waals surface area (Å²) in [6.07, 6.45) is 5.12. The van der Waals surface area contributed by atoms with E-state index in [2.05, 4.69) is 30.7 Å². The topological polar surface area (TPSA) is 56.8 Å². The van der Waals surface area contributed by atoms with Crippen LogP contribution in [0.4, 0.5) is 14.6 Å². The summed E-state index contributed by atoms with van der Waals surface area (Å²) in [5.74, 6) is -2.06. The van der Waals surface area contributed by atoms with Crippen LogP contribution in [0.5, 0.6) is 0 Å². The maximum atomic E-state index is 13.4. The average Bonchev–Trinajstić information content (AvgIpc) is 2.73. The van der Waals surface area contributed by atoms with Crippen LogP contribution in [0.25, 0.3) is 0 Å². The molecular weight excluding hydrogens is 446 g/mol. The van der Waals surface area contributed by atoms with Gasteiger partial charge in [-0.1, -0.05) is 20.8 Å². The van der Waals surface area contributed by atoms with Gasteiger partial charge in [0.05, 0.1) is 0 Å². The Morgan fingerprint density at radius 1 is 0.970 bits per heavy atom. The quantitative estimate of drug-likeness (QED) is 0.640. The normalized spacial score (nSPS) is 24.8. The Kier molecular flexibility index (Phi) is 6.79. The van der Waals surface area contributed by atoms with Crippen molar-refractivity contribution in [2.24, 2.45) is 10.8 Å². The fourth-order valence-corrected chi connectivity index (χ4v) is 7.04. The number of piperidine rings is 3. The van der Waals surface area contributed by atoms with E-state index in [0.717, 1.165) is 32.5 Å². The van der Waals surface area contributed by atoms with Crippen LogP contribution in [0.2, 0.25) is 0 Å². The first-order chi connectivity index (χ1) is 15.4. The molecule has 0 atom stereocenters. The molecule has 9 heteroatoms.